The van der Waals surface area contributed by atoms with E-state index in [1.807, 2.05) is 17.1 Å². The number of amides is 1. The molecule has 1 aliphatic rings. The summed E-state index contributed by atoms with van der Waals surface area (Å²) in [7, 11) is -3.20. The van der Waals surface area contributed by atoms with Crippen LogP contribution in [0.3, 0.4) is 0 Å². The number of benzene rings is 1. The highest BCUT2D eigenvalue weighted by atomic mass is 32.2. The van der Waals surface area contributed by atoms with Crippen molar-refractivity contribution in [3.8, 4) is 11.3 Å². The van der Waals surface area contributed by atoms with Crippen molar-refractivity contribution in [1.29, 1.82) is 0 Å². The Labute approximate surface area is 149 Å². The van der Waals surface area contributed by atoms with E-state index in [0.717, 1.165) is 35.6 Å². The number of hydrogen-bond donors (Lipinski definition) is 1. The van der Waals surface area contributed by atoms with Gasteiger partial charge in [-0.3, -0.25) is 4.79 Å². The average molecular weight is 383 g/mol. The van der Waals surface area contributed by atoms with Gasteiger partial charge in [-0.25, -0.2) is 13.4 Å². The fraction of sp³-hybridized carbons (Fsp3) is 0.375. The third-order valence-electron chi connectivity index (χ3n) is 3.90. The van der Waals surface area contributed by atoms with Crippen molar-refractivity contribution in [3.63, 3.8) is 0 Å². The van der Waals surface area contributed by atoms with Crippen molar-refractivity contribution in [2.45, 2.75) is 17.7 Å². The summed E-state index contributed by atoms with van der Waals surface area (Å²) in [6, 6.07) is 6.61. The van der Waals surface area contributed by atoms with Crippen molar-refractivity contribution in [2.24, 2.45) is 5.92 Å². The maximum Gasteiger partial charge on any atom is 0.229 e. The molecule has 1 aliphatic heterocycles. The quantitative estimate of drug-likeness (QED) is 0.878. The highest BCUT2D eigenvalue weighted by molar-refractivity contribution is 7.99. The van der Waals surface area contributed by atoms with Crippen LogP contribution in [0, 0.1) is 5.92 Å². The van der Waals surface area contributed by atoms with Crippen LogP contribution >= 0.6 is 23.1 Å². The van der Waals surface area contributed by atoms with Crippen molar-refractivity contribution < 1.29 is 13.2 Å². The number of hydrogen-bond acceptors (Lipinski definition) is 6. The molecule has 1 amide bonds. The van der Waals surface area contributed by atoms with Gasteiger partial charge in [-0.15, -0.1) is 11.3 Å². The Morgan fingerprint density at radius 1 is 1.21 bits per heavy atom. The van der Waals surface area contributed by atoms with Gasteiger partial charge < -0.3 is 5.32 Å². The number of sulfone groups is 1. The van der Waals surface area contributed by atoms with Crippen LogP contribution < -0.4 is 5.32 Å². The monoisotopic (exact) mass is 382 g/mol. The summed E-state index contributed by atoms with van der Waals surface area (Å²) < 4.78 is 23.0. The number of nitrogens with one attached hydrogen (secondary N) is 1. The molecule has 1 aromatic heterocycles. The first-order valence-electron chi connectivity index (χ1n) is 7.58. The predicted octanol–water partition coefficient (Wildman–Crippen LogP) is 3.30. The molecule has 1 aromatic carbocycles. The van der Waals surface area contributed by atoms with Crippen LogP contribution in [-0.4, -0.2) is 37.1 Å². The minimum Gasteiger partial charge on any atom is -0.302 e. The number of aromatic nitrogens is 1. The van der Waals surface area contributed by atoms with Crippen molar-refractivity contribution >= 4 is 44.0 Å². The minimum atomic E-state index is -3.20. The van der Waals surface area contributed by atoms with Crippen LogP contribution in [0.25, 0.3) is 11.3 Å². The number of nitrogens with zero attached hydrogens (tertiary/aromatic N) is 1. The van der Waals surface area contributed by atoms with E-state index in [1.165, 1.54) is 17.6 Å². The molecule has 0 bridgehead atoms. The Kier molecular flexibility index (Phi) is 5.27. The zero-order chi connectivity index (χ0) is 17.2. The van der Waals surface area contributed by atoms with Gasteiger partial charge in [-0.05, 0) is 36.5 Å². The molecule has 128 valence electrons. The lowest BCUT2D eigenvalue weighted by Gasteiger charge is -2.19. The Hall–Kier alpha value is -1.38. The van der Waals surface area contributed by atoms with E-state index in [0.29, 0.717) is 5.13 Å². The number of carbonyl (C=O) groups is 1. The van der Waals surface area contributed by atoms with Gasteiger partial charge in [0, 0.05) is 23.1 Å². The zero-order valence-electron chi connectivity index (χ0n) is 13.2. The fourth-order valence-corrected chi connectivity index (χ4v) is 4.96. The number of thiazole rings is 1. The summed E-state index contributed by atoms with van der Waals surface area (Å²) in [6.45, 7) is 0. The second-order valence-electron chi connectivity index (χ2n) is 5.71. The third kappa shape index (κ3) is 4.17. The predicted molar refractivity (Wildman–Crippen MR) is 99.3 cm³/mol. The standard InChI is InChI=1S/C16H18N2O3S3/c1-24(20,21)13-4-2-11(3-5-13)14-10-23-16(17-14)18-15(19)12-6-8-22-9-7-12/h2-5,10,12H,6-9H2,1H3,(H,17,18,19). The van der Waals surface area contributed by atoms with E-state index in [9.17, 15) is 13.2 Å². The largest absolute Gasteiger partial charge is 0.302 e. The molecule has 2 aromatic rings. The lowest BCUT2D eigenvalue weighted by atomic mass is 10.0. The molecule has 0 saturated carbocycles. The molecule has 0 aliphatic carbocycles. The first-order valence-corrected chi connectivity index (χ1v) is 11.5. The molecule has 5 nitrogen and oxygen atoms in total. The lowest BCUT2D eigenvalue weighted by Crippen LogP contribution is -2.26. The summed E-state index contributed by atoms with van der Waals surface area (Å²) in [5.74, 6) is 2.19. The third-order valence-corrected chi connectivity index (χ3v) is 6.84. The van der Waals surface area contributed by atoms with E-state index < -0.39 is 9.84 Å². The summed E-state index contributed by atoms with van der Waals surface area (Å²) in [6.07, 6.45) is 3.02. The molecule has 2 heterocycles. The van der Waals surface area contributed by atoms with Gasteiger partial charge in [0.05, 0.1) is 10.6 Å². The van der Waals surface area contributed by atoms with E-state index in [-0.39, 0.29) is 16.7 Å². The Bertz CT molecular complexity index is 823. The maximum absolute atomic E-state index is 12.2. The Balaban J connectivity index is 1.70. The van der Waals surface area contributed by atoms with Crippen LogP contribution in [-0.2, 0) is 14.6 Å². The van der Waals surface area contributed by atoms with Crippen LogP contribution in [0.2, 0.25) is 0 Å². The zero-order valence-corrected chi connectivity index (χ0v) is 15.6. The van der Waals surface area contributed by atoms with Crippen molar-refractivity contribution in [3.05, 3.63) is 29.6 Å². The Morgan fingerprint density at radius 3 is 2.50 bits per heavy atom. The molecule has 1 N–H and O–H groups in total. The molecule has 0 unspecified atom stereocenters. The van der Waals surface area contributed by atoms with Crippen LogP contribution in [0.5, 0.6) is 0 Å². The Morgan fingerprint density at radius 2 is 1.88 bits per heavy atom. The average Bonchev–Trinajstić information content (AvgIpc) is 3.03. The van der Waals surface area contributed by atoms with E-state index in [1.54, 1.807) is 24.3 Å². The fourth-order valence-electron chi connectivity index (χ4n) is 2.50. The van der Waals surface area contributed by atoms with E-state index in [4.69, 9.17) is 0 Å². The van der Waals surface area contributed by atoms with Crippen molar-refractivity contribution in [2.75, 3.05) is 23.1 Å². The number of carbonyl (C=O) groups excluding carboxylic acids is 1. The summed E-state index contributed by atoms with van der Waals surface area (Å²) in [4.78, 5) is 17.0. The number of anilines is 1. The molecule has 0 radical (unpaired) electrons. The van der Waals surface area contributed by atoms with Crippen LogP contribution in [0.15, 0.2) is 34.5 Å². The van der Waals surface area contributed by atoms with Gasteiger partial charge in [-0.2, -0.15) is 11.8 Å². The van der Waals surface area contributed by atoms with E-state index in [2.05, 4.69) is 10.3 Å². The molecule has 0 spiro atoms. The second-order valence-corrected chi connectivity index (χ2v) is 9.81. The molecular formula is C16H18N2O3S3. The highest BCUT2D eigenvalue weighted by Crippen LogP contribution is 2.28. The molecule has 3 rings (SSSR count). The molecule has 1 saturated heterocycles. The SMILES string of the molecule is CS(=O)(=O)c1ccc(-c2csc(NC(=O)C3CCSCC3)n2)cc1. The van der Waals surface area contributed by atoms with Gasteiger partial charge >= 0.3 is 0 Å². The number of thioether (sulfide) groups is 1. The molecule has 8 heteroatoms. The van der Waals surface area contributed by atoms with Gasteiger partial charge in [0.2, 0.25) is 5.91 Å². The smallest absolute Gasteiger partial charge is 0.229 e. The van der Waals surface area contributed by atoms with Gasteiger partial charge in [0.15, 0.2) is 15.0 Å². The number of rotatable bonds is 4. The second kappa shape index (κ2) is 7.25. The van der Waals surface area contributed by atoms with Gasteiger partial charge in [0.25, 0.3) is 0 Å². The van der Waals surface area contributed by atoms with Gasteiger partial charge in [0.1, 0.15) is 0 Å². The topological polar surface area (TPSA) is 76.1 Å². The first-order chi connectivity index (χ1) is 11.4. The van der Waals surface area contributed by atoms with E-state index >= 15 is 0 Å². The maximum atomic E-state index is 12.2. The summed E-state index contributed by atoms with van der Waals surface area (Å²) >= 11 is 3.27. The molecule has 0 atom stereocenters. The summed E-state index contributed by atoms with van der Waals surface area (Å²) in [5, 5.41) is 5.35. The molecule has 24 heavy (non-hydrogen) atoms. The molecule has 1 fully saturated rings. The highest BCUT2D eigenvalue weighted by Gasteiger charge is 2.22. The van der Waals surface area contributed by atoms with Crippen LogP contribution in [0.1, 0.15) is 12.8 Å². The summed E-state index contributed by atoms with van der Waals surface area (Å²) in [5.41, 5.74) is 1.56. The van der Waals surface area contributed by atoms with Crippen LogP contribution in [0.4, 0.5) is 5.13 Å². The molecular weight excluding hydrogens is 364 g/mol. The van der Waals surface area contributed by atoms with Gasteiger partial charge in [-0.1, -0.05) is 12.1 Å². The lowest BCUT2D eigenvalue weighted by molar-refractivity contribution is -0.120. The normalized spacial score (nSPS) is 16.0. The van der Waals surface area contributed by atoms with Crippen molar-refractivity contribution in [1.82, 2.24) is 4.98 Å². The first kappa shape index (κ1) is 17.4. The minimum absolute atomic E-state index is 0.0450.